The summed E-state index contributed by atoms with van der Waals surface area (Å²) in [5.74, 6) is 0.353. The van der Waals surface area contributed by atoms with Crippen LogP contribution in [0.3, 0.4) is 0 Å². The minimum atomic E-state index is 0.278. The Bertz CT molecular complexity index is 346. The Morgan fingerprint density at radius 1 is 1.44 bits per heavy atom. The minimum Gasteiger partial charge on any atom is -0.396 e. The fraction of sp³-hybridized carbons (Fsp3) is 0.571. The number of aliphatic hydroxyl groups excluding tert-OH is 1. The van der Waals surface area contributed by atoms with Gasteiger partial charge < -0.3 is 5.11 Å². The summed E-state index contributed by atoms with van der Waals surface area (Å²) in [4.78, 5) is 2.38. The first kappa shape index (κ1) is 11.6. The van der Waals surface area contributed by atoms with E-state index < -0.39 is 0 Å². The second kappa shape index (κ2) is 4.98. The molecular weight excluding hydrogens is 198 g/mol. The van der Waals surface area contributed by atoms with E-state index in [1.807, 2.05) is 0 Å². The van der Waals surface area contributed by atoms with Crippen LogP contribution in [-0.2, 0) is 6.42 Å². The summed E-state index contributed by atoms with van der Waals surface area (Å²) in [6.45, 7) is 3.53. The molecule has 2 nitrogen and oxygen atoms in total. The summed E-state index contributed by atoms with van der Waals surface area (Å²) in [6.07, 6.45) is 2.16. The van der Waals surface area contributed by atoms with E-state index in [1.165, 1.54) is 11.1 Å². The van der Waals surface area contributed by atoms with E-state index >= 15 is 0 Å². The van der Waals surface area contributed by atoms with Crippen molar-refractivity contribution in [2.24, 2.45) is 5.92 Å². The van der Waals surface area contributed by atoms with Gasteiger partial charge in [0.15, 0.2) is 0 Å². The molecule has 0 spiro atoms. The average molecular weight is 219 g/mol. The molecule has 0 amide bonds. The van der Waals surface area contributed by atoms with Crippen molar-refractivity contribution in [3.63, 3.8) is 0 Å². The number of hydrogen-bond donors (Lipinski definition) is 1. The largest absolute Gasteiger partial charge is 0.396 e. The number of fused-ring (bicyclic) bond motifs is 1. The van der Waals surface area contributed by atoms with E-state index in [0.717, 1.165) is 19.4 Å². The monoisotopic (exact) mass is 219 g/mol. The highest BCUT2D eigenvalue weighted by Gasteiger charge is 2.29. The summed E-state index contributed by atoms with van der Waals surface area (Å²) in [7, 11) is 2.17. The molecule has 2 rings (SSSR count). The van der Waals surface area contributed by atoms with Crippen molar-refractivity contribution < 1.29 is 5.11 Å². The molecule has 16 heavy (non-hydrogen) atoms. The van der Waals surface area contributed by atoms with E-state index in [0.29, 0.717) is 12.0 Å². The molecule has 2 atom stereocenters. The van der Waals surface area contributed by atoms with Crippen LogP contribution in [0.15, 0.2) is 24.3 Å². The first-order valence-electron chi connectivity index (χ1n) is 6.16. The Balaban J connectivity index is 2.36. The van der Waals surface area contributed by atoms with Gasteiger partial charge in [-0.1, -0.05) is 31.2 Å². The molecule has 1 aliphatic heterocycles. The van der Waals surface area contributed by atoms with Crippen LogP contribution in [-0.4, -0.2) is 30.2 Å². The van der Waals surface area contributed by atoms with Crippen molar-refractivity contribution in [3.05, 3.63) is 35.4 Å². The van der Waals surface area contributed by atoms with Gasteiger partial charge in [0.2, 0.25) is 0 Å². The van der Waals surface area contributed by atoms with Crippen LogP contribution in [0.5, 0.6) is 0 Å². The SMILES string of the molecule is CCC(CO)C1c2ccccc2CCN1C. The molecular formula is C14H21NO. The zero-order valence-corrected chi connectivity index (χ0v) is 10.2. The normalized spacial score (nSPS) is 22.8. The summed E-state index contributed by atoms with van der Waals surface area (Å²) in [6, 6.07) is 9.05. The van der Waals surface area contributed by atoms with Gasteiger partial charge in [0, 0.05) is 25.1 Å². The van der Waals surface area contributed by atoms with Crippen molar-refractivity contribution in [1.82, 2.24) is 4.90 Å². The number of benzene rings is 1. The van der Waals surface area contributed by atoms with Crippen LogP contribution in [0.25, 0.3) is 0 Å². The molecule has 1 aromatic carbocycles. The first-order valence-corrected chi connectivity index (χ1v) is 6.16. The number of rotatable bonds is 3. The molecule has 2 unspecified atom stereocenters. The molecule has 0 aliphatic carbocycles. The average Bonchev–Trinajstić information content (AvgIpc) is 2.33. The predicted octanol–water partition coefficient (Wildman–Crippen LogP) is 2.23. The summed E-state index contributed by atoms with van der Waals surface area (Å²) < 4.78 is 0. The molecule has 0 bridgehead atoms. The zero-order valence-electron chi connectivity index (χ0n) is 10.2. The van der Waals surface area contributed by atoms with Crippen molar-refractivity contribution in [2.75, 3.05) is 20.2 Å². The van der Waals surface area contributed by atoms with E-state index in [9.17, 15) is 5.11 Å². The van der Waals surface area contributed by atoms with E-state index in [-0.39, 0.29) is 6.61 Å². The Labute approximate surface area is 97.9 Å². The fourth-order valence-corrected chi connectivity index (χ4v) is 2.79. The smallest absolute Gasteiger partial charge is 0.0477 e. The quantitative estimate of drug-likeness (QED) is 0.842. The minimum absolute atomic E-state index is 0.278. The van der Waals surface area contributed by atoms with Crippen LogP contribution in [0.2, 0.25) is 0 Å². The predicted molar refractivity (Wildman–Crippen MR) is 66.4 cm³/mol. The number of nitrogens with zero attached hydrogens (tertiary/aromatic N) is 1. The van der Waals surface area contributed by atoms with Gasteiger partial charge in [-0.15, -0.1) is 0 Å². The third kappa shape index (κ3) is 2.00. The van der Waals surface area contributed by atoms with E-state index in [1.54, 1.807) is 0 Å². The van der Waals surface area contributed by atoms with Gasteiger partial charge in [-0.05, 0) is 31.0 Å². The lowest BCUT2D eigenvalue weighted by molar-refractivity contribution is 0.106. The molecule has 0 radical (unpaired) electrons. The van der Waals surface area contributed by atoms with E-state index in [4.69, 9.17) is 0 Å². The van der Waals surface area contributed by atoms with Gasteiger partial charge in [-0.2, -0.15) is 0 Å². The molecule has 1 aromatic rings. The second-order valence-corrected chi connectivity index (χ2v) is 4.73. The maximum absolute atomic E-state index is 9.49. The highest BCUT2D eigenvalue weighted by Crippen LogP contribution is 2.35. The Morgan fingerprint density at radius 3 is 2.88 bits per heavy atom. The lowest BCUT2D eigenvalue weighted by atomic mass is 9.84. The number of aliphatic hydroxyl groups is 1. The molecule has 1 aliphatic rings. The molecule has 2 heteroatoms. The van der Waals surface area contributed by atoms with E-state index in [2.05, 4.69) is 43.1 Å². The fourth-order valence-electron chi connectivity index (χ4n) is 2.79. The highest BCUT2D eigenvalue weighted by molar-refractivity contribution is 5.32. The van der Waals surface area contributed by atoms with Crippen molar-refractivity contribution >= 4 is 0 Å². The van der Waals surface area contributed by atoms with Gasteiger partial charge in [-0.25, -0.2) is 0 Å². The third-order valence-electron chi connectivity index (χ3n) is 3.79. The summed E-state index contributed by atoms with van der Waals surface area (Å²) in [5, 5.41) is 9.49. The van der Waals surface area contributed by atoms with Gasteiger partial charge in [0.05, 0.1) is 0 Å². The van der Waals surface area contributed by atoms with Crippen molar-refractivity contribution in [1.29, 1.82) is 0 Å². The summed E-state index contributed by atoms with van der Waals surface area (Å²) in [5.41, 5.74) is 2.87. The van der Waals surface area contributed by atoms with Crippen LogP contribution in [0.1, 0.15) is 30.5 Å². The molecule has 0 saturated carbocycles. The molecule has 1 heterocycles. The number of likely N-dealkylation sites (N-methyl/N-ethyl adjacent to an activating group) is 1. The lowest BCUT2D eigenvalue weighted by Gasteiger charge is -2.38. The molecule has 0 fully saturated rings. The topological polar surface area (TPSA) is 23.5 Å². The molecule has 88 valence electrons. The zero-order chi connectivity index (χ0) is 11.5. The lowest BCUT2D eigenvalue weighted by Crippen LogP contribution is -2.37. The maximum Gasteiger partial charge on any atom is 0.0477 e. The van der Waals surface area contributed by atoms with Gasteiger partial charge in [-0.3, -0.25) is 4.90 Å². The molecule has 0 saturated heterocycles. The first-order chi connectivity index (χ1) is 7.77. The van der Waals surface area contributed by atoms with Crippen LogP contribution < -0.4 is 0 Å². The molecule has 0 aromatic heterocycles. The number of hydrogen-bond acceptors (Lipinski definition) is 2. The Kier molecular flexibility index (Phi) is 3.62. The molecule has 1 N–H and O–H groups in total. The van der Waals surface area contributed by atoms with Crippen molar-refractivity contribution in [3.8, 4) is 0 Å². The van der Waals surface area contributed by atoms with Gasteiger partial charge in [0.1, 0.15) is 0 Å². The van der Waals surface area contributed by atoms with Crippen LogP contribution in [0, 0.1) is 5.92 Å². The van der Waals surface area contributed by atoms with Crippen LogP contribution >= 0.6 is 0 Å². The van der Waals surface area contributed by atoms with Gasteiger partial charge >= 0.3 is 0 Å². The standard InChI is InChI=1S/C14H21NO/c1-3-11(10-16)14-13-7-5-4-6-12(13)8-9-15(14)2/h4-7,11,14,16H,3,8-10H2,1-2H3. The van der Waals surface area contributed by atoms with Gasteiger partial charge in [0.25, 0.3) is 0 Å². The third-order valence-corrected chi connectivity index (χ3v) is 3.79. The second-order valence-electron chi connectivity index (χ2n) is 4.73. The van der Waals surface area contributed by atoms with Crippen LogP contribution in [0.4, 0.5) is 0 Å². The Hall–Kier alpha value is -0.860. The maximum atomic E-state index is 9.49. The highest BCUT2D eigenvalue weighted by atomic mass is 16.3. The Morgan fingerprint density at radius 2 is 2.19 bits per heavy atom. The summed E-state index contributed by atoms with van der Waals surface area (Å²) >= 11 is 0. The van der Waals surface area contributed by atoms with Crippen molar-refractivity contribution in [2.45, 2.75) is 25.8 Å².